The minimum Gasteiger partial charge on any atom is -0.455 e. The van der Waals surface area contributed by atoms with Crippen molar-refractivity contribution in [2.75, 3.05) is 0 Å². The highest BCUT2D eigenvalue weighted by atomic mass is 35.5. The van der Waals surface area contributed by atoms with Gasteiger partial charge in [-0.3, -0.25) is 4.79 Å². The fourth-order valence-electron chi connectivity index (χ4n) is 3.86. The highest BCUT2D eigenvalue weighted by Gasteiger charge is 2.57. The van der Waals surface area contributed by atoms with Crippen molar-refractivity contribution in [1.82, 2.24) is 0 Å². The Hall–Kier alpha value is -1.98. The van der Waals surface area contributed by atoms with Gasteiger partial charge in [0, 0.05) is 23.6 Å². The Morgan fingerprint density at radius 1 is 0.929 bits per heavy atom. The van der Waals surface area contributed by atoms with Crippen molar-refractivity contribution in [2.45, 2.75) is 12.0 Å². The van der Waals surface area contributed by atoms with E-state index in [1.54, 1.807) is 30.3 Å². The summed E-state index contributed by atoms with van der Waals surface area (Å²) >= 11 is 25.5. The number of halogens is 4. The van der Waals surface area contributed by atoms with E-state index in [4.69, 9.17) is 55.9 Å². The zero-order chi connectivity index (χ0) is 19.8. The molecule has 0 bridgehead atoms. The number of fused-ring (bicyclic) bond motifs is 6. The highest BCUT2D eigenvalue weighted by molar-refractivity contribution is 6.52. The van der Waals surface area contributed by atoms with E-state index in [1.165, 1.54) is 6.08 Å². The summed E-state index contributed by atoms with van der Waals surface area (Å²) in [6, 6.07) is 6.93. The first-order valence-electron chi connectivity index (χ1n) is 8.19. The molecular weight excluding hydrogens is 446 g/mol. The summed E-state index contributed by atoms with van der Waals surface area (Å²) in [5, 5.41) is 0.113. The van der Waals surface area contributed by atoms with Crippen molar-refractivity contribution in [3.63, 3.8) is 0 Å². The number of carbonyl (C=O) groups excluding carboxylic acids is 2. The molecule has 0 N–H and O–H groups in total. The number of benzene rings is 2. The number of ketones is 1. The molecule has 3 aliphatic rings. The van der Waals surface area contributed by atoms with Crippen molar-refractivity contribution < 1.29 is 19.1 Å². The number of esters is 1. The molecule has 4 nitrogen and oxygen atoms in total. The molecule has 2 aromatic carbocycles. The van der Waals surface area contributed by atoms with Crippen LogP contribution in [0.2, 0.25) is 20.1 Å². The van der Waals surface area contributed by atoms with Crippen LogP contribution in [0.25, 0.3) is 0 Å². The predicted molar refractivity (Wildman–Crippen MR) is 106 cm³/mol. The first-order valence-corrected chi connectivity index (χ1v) is 9.70. The Morgan fingerprint density at radius 3 is 2.43 bits per heavy atom. The summed E-state index contributed by atoms with van der Waals surface area (Å²) in [6.45, 7) is 0. The molecular formula is C20H8Cl4O4. The van der Waals surface area contributed by atoms with E-state index in [1.807, 2.05) is 0 Å². The van der Waals surface area contributed by atoms with E-state index in [-0.39, 0.29) is 49.4 Å². The maximum atomic E-state index is 12.7. The highest BCUT2D eigenvalue weighted by Crippen LogP contribution is 2.61. The second-order valence-electron chi connectivity index (χ2n) is 6.48. The van der Waals surface area contributed by atoms with Crippen molar-refractivity contribution >= 4 is 58.2 Å². The maximum Gasteiger partial charge on any atom is 0.340 e. The Bertz CT molecular complexity index is 1180. The van der Waals surface area contributed by atoms with Gasteiger partial charge in [0.15, 0.2) is 17.1 Å². The minimum absolute atomic E-state index is 0.00927. The van der Waals surface area contributed by atoms with E-state index < -0.39 is 11.6 Å². The lowest BCUT2D eigenvalue weighted by Gasteiger charge is -2.40. The molecule has 1 spiro atoms. The van der Waals surface area contributed by atoms with Crippen molar-refractivity contribution in [3.05, 3.63) is 84.5 Å². The molecule has 8 heteroatoms. The largest absolute Gasteiger partial charge is 0.455 e. The topological polar surface area (TPSA) is 52.6 Å². The Kier molecular flexibility index (Phi) is 3.88. The van der Waals surface area contributed by atoms with Gasteiger partial charge in [-0.05, 0) is 6.07 Å². The zero-order valence-corrected chi connectivity index (χ0v) is 16.8. The van der Waals surface area contributed by atoms with Crippen LogP contribution in [0.15, 0.2) is 47.7 Å². The third-order valence-corrected chi connectivity index (χ3v) is 6.79. The molecule has 140 valence electrons. The molecule has 2 aromatic rings. The van der Waals surface area contributed by atoms with E-state index >= 15 is 0 Å². The Balaban J connectivity index is 1.97. The van der Waals surface area contributed by atoms with Crippen molar-refractivity contribution in [2.24, 2.45) is 0 Å². The Morgan fingerprint density at radius 2 is 1.64 bits per heavy atom. The van der Waals surface area contributed by atoms with Crippen LogP contribution in [0.3, 0.4) is 0 Å². The molecule has 0 aromatic heterocycles. The van der Waals surface area contributed by atoms with Gasteiger partial charge in [-0.1, -0.05) is 70.7 Å². The number of rotatable bonds is 0. The fourth-order valence-corrected chi connectivity index (χ4v) is 4.86. The second-order valence-corrected chi connectivity index (χ2v) is 7.99. The number of allylic oxidation sites excluding steroid dienone is 2. The fraction of sp³-hybridized carbons (Fsp3) is 0.100. The molecule has 0 saturated heterocycles. The lowest BCUT2D eigenvalue weighted by atomic mass is 9.75. The smallest absolute Gasteiger partial charge is 0.340 e. The van der Waals surface area contributed by atoms with Gasteiger partial charge >= 0.3 is 5.97 Å². The molecule has 0 saturated carbocycles. The average Bonchev–Trinajstić information content (AvgIpc) is 2.97. The van der Waals surface area contributed by atoms with Gasteiger partial charge < -0.3 is 9.47 Å². The van der Waals surface area contributed by atoms with Crippen LogP contribution < -0.4 is 4.74 Å². The molecule has 5 rings (SSSR count). The molecule has 0 amide bonds. The van der Waals surface area contributed by atoms with Gasteiger partial charge in [-0.15, -0.1) is 0 Å². The number of ether oxygens (including phenoxy) is 2. The molecule has 1 aliphatic carbocycles. The summed E-state index contributed by atoms with van der Waals surface area (Å²) in [6.07, 6.45) is 3.15. The van der Waals surface area contributed by atoms with Crippen LogP contribution >= 0.6 is 46.4 Å². The van der Waals surface area contributed by atoms with E-state index in [2.05, 4.69) is 0 Å². The lowest BCUT2D eigenvalue weighted by molar-refractivity contribution is -0.114. The predicted octanol–water partition coefficient (Wildman–Crippen LogP) is 5.89. The number of hydrogen-bond donors (Lipinski definition) is 0. The number of hydrogen-bond acceptors (Lipinski definition) is 4. The first kappa shape index (κ1) is 18.1. The van der Waals surface area contributed by atoms with Crippen LogP contribution in [0.4, 0.5) is 0 Å². The van der Waals surface area contributed by atoms with Crippen LogP contribution in [0.5, 0.6) is 5.75 Å². The summed E-state index contributed by atoms with van der Waals surface area (Å²) in [4.78, 5) is 24.7. The van der Waals surface area contributed by atoms with Gasteiger partial charge in [-0.2, -0.15) is 0 Å². The van der Waals surface area contributed by atoms with Gasteiger partial charge in [0.05, 0.1) is 26.2 Å². The molecule has 2 heterocycles. The van der Waals surface area contributed by atoms with Crippen molar-refractivity contribution in [1.29, 1.82) is 0 Å². The quantitative estimate of drug-likeness (QED) is 0.283. The minimum atomic E-state index is -1.44. The van der Waals surface area contributed by atoms with E-state index in [9.17, 15) is 9.59 Å². The Labute approximate surface area is 179 Å². The van der Waals surface area contributed by atoms with Gasteiger partial charge in [0.2, 0.25) is 0 Å². The molecule has 0 radical (unpaired) electrons. The van der Waals surface area contributed by atoms with Gasteiger partial charge in [0.25, 0.3) is 0 Å². The van der Waals surface area contributed by atoms with Crippen LogP contribution in [0.1, 0.15) is 27.9 Å². The summed E-state index contributed by atoms with van der Waals surface area (Å²) < 4.78 is 11.8. The summed E-state index contributed by atoms with van der Waals surface area (Å²) in [5.41, 5.74) is 0.278. The zero-order valence-electron chi connectivity index (χ0n) is 13.8. The van der Waals surface area contributed by atoms with E-state index in [0.717, 1.165) is 0 Å². The third kappa shape index (κ3) is 2.15. The third-order valence-electron chi connectivity index (χ3n) is 5.00. The maximum absolute atomic E-state index is 12.7. The SMILES string of the molecule is O=C1C=C2Oc3c(Cl)c(Cl)c(Cl)c(Cl)c3C3(OC(=O)c4ccccc43)C2=CC1. The molecule has 2 aliphatic heterocycles. The molecule has 28 heavy (non-hydrogen) atoms. The monoisotopic (exact) mass is 452 g/mol. The van der Waals surface area contributed by atoms with Crippen LogP contribution in [-0.2, 0) is 15.1 Å². The van der Waals surface area contributed by atoms with Crippen LogP contribution in [0, 0.1) is 0 Å². The van der Waals surface area contributed by atoms with Crippen molar-refractivity contribution in [3.8, 4) is 5.75 Å². The first-order chi connectivity index (χ1) is 13.4. The lowest BCUT2D eigenvalue weighted by Crippen LogP contribution is -2.38. The molecule has 1 unspecified atom stereocenters. The normalized spacial score (nSPS) is 22.0. The van der Waals surface area contributed by atoms with Gasteiger partial charge in [-0.25, -0.2) is 4.79 Å². The molecule has 1 atom stereocenters. The molecule has 0 fully saturated rings. The number of carbonyl (C=O) groups is 2. The van der Waals surface area contributed by atoms with Crippen LogP contribution in [-0.4, -0.2) is 11.8 Å². The van der Waals surface area contributed by atoms with Gasteiger partial charge in [0.1, 0.15) is 10.8 Å². The average molecular weight is 454 g/mol. The second kappa shape index (κ2) is 6.01. The summed E-state index contributed by atoms with van der Waals surface area (Å²) in [5.74, 6) is -0.357. The standard InChI is InChI=1S/C20H8Cl4O4/c21-14-13-18(17(24)16(23)15(14)22)27-12-7-8(25)5-6-11(12)20(13)10-4-2-1-3-9(10)19(26)28-20/h1-4,6-7H,5H2. The summed E-state index contributed by atoms with van der Waals surface area (Å²) in [7, 11) is 0. The van der Waals surface area contributed by atoms with E-state index in [0.29, 0.717) is 16.7 Å².